The molecule has 98 valence electrons. The number of amides is 1. The molecule has 2 rings (SSSR count). The van der Waals surface area contributed by atoms with Crippen LogP contribution in [0.4, 0.5) is 0 Å². The lowest BCUT2D eigenvalue weighted by molar-refractivity contribution is -0.123. The van der Waals surface area contributed by atoms with Crippen molar-refractivity contribution in [3.05, 3.63) is 0 Å². The third kappa shape index (κ3) is 3.64. The van der Waals surface area contributed by atoms with Crippen LogP contribution in [0.15, 0.2) is 0 Å². The van der Waals surface area contributed by atoms with Gasteiger partial charge in [0.1, 0.15) is 0 Å². The highest BCUT2D eigenvalue weighted by atomic mass is 32.1. The topological polar surface area (TPSA) is 29.1 Å². The van der Waals surface area contributed by atoms with Gasteiger partial charge >= 0.3 is 0 Å². The van der Waals surface area contributed by atoms with Gasteiger partial charge in [-0.15, -0.1) is 0 Å². The molecular formula is C14H25NOS. The number of thiol groups is 1. The van der Waals surface area contributed by atoms with Crippen molar-refractivity contribution < 1.29 is 4.79 Å². The van der Waals surface area contributed by atoms with E-state index in [4.69, 9.17) is 0 Å². The van der Waals surface area contributed by atoms with Gasteiger partial charge in [-0.25, -0.2) is 0 Å². The van der Waals surface area contributed by atoms with Gasteiger partial charge in [0.2, 0.25) is 5.91 Å². The molecule has 1 atom stereocenters. The van der Waals surface area contributed by atoms with E-state index < -0.39 is 0 Å². The number of nitrogens with one attached hydrogen (secondary N) is 1. The monoisotopic (exact) mass is 255 g/mol. The van der Waals surface area contributed by atoms with Gasteiger partial charge in [0.05, 0.1) is 0 Å². The molecule has 0 aromatic rings. The average molecular weight is 255 g/mol. The quantitative estimate of drug-likeness (QED) is 0.742. The molecule has 0 radical (unpaired) electrons. The molecular weight excluding hydrogens is 230 g/mol. The minimum absolute atomic E-state index is 0.247. The maximum atomic E-state index is 12.0. The van der Waals surface area contributed by atoms with Crippen LogP contribution in [0.2, 0.25) is 0 Å². The second kappa shape index (κ2) is 4.83. The second-order valence-corrected chi connectivity index (χ2v) is 7.18. The molecule has 3 heteroatoms. The zero-order chi connectivity index (χ0) is 12.5. The Bertz CT molecular complexity index is 297. The van der Waals surface area contributed by atoms with Gasteiger partial charge in [0, 0.05) is 12.5 Å². The van der Waals surface area contributed by atoms with Crippen molar-refractivity contribution >= 4 is 18.5 Å². The number of carbonyl (C=O) groups is 1. The average Bonchev–Trinajstić information content (AvgIpc) is 2.96. The molecule has 2 nitrogen and oxygen atoms in total. The summed E-state index contributed by atoms with van der Waals surface area (Å²) in [6.45, 7) is 4.61. The van der Waals surface area contributed by atoms with Crippen LogP contribution in [-0.2, 0) is 4.79 Å². The predicted molar refractivity (Wildman–Crippen MR) is 74.3 cm³/mol. The number of rotatable bonds is 4. The largest absolute Gasteiger partial charge is 0.353 e. The molecule has 0 aromatic carbocycles. The van der Waals surface area contributed by atoms with Crippen LogP contribution in [-0.4, -0.2) is 17.7 Å². The number of hydrogen-bond donors (Lipinski definition) is 2. The molecule has 0 aromatic heterocycles. The summed E-state index contributed by atoms with van der Waals surface area (Å²) in [5.74, 6) is 1.11. The van der Waals surface area contributed by atoms with Gasteiger partial charge in [-0.2, -0.15) is 12.6 Å². The summed E-state index contributed by atoms with van der Waals surface area (Å²) in [6.07, 6.45) is 7.87. The Morgan fingerprint density at radius 2 is 2.06 bits per heavy atom. The molecule has 2 fully saturated rings. The van der Waals surface area contributed by atoms with Crippen molar-refractivity contribution in [1.29, 1.82) is 0 Å². The van der Waals surface area contributed by atoms with Crippen molar-refractivity contribution in [2.45, 2.75) is 64.8 Å². The SMILES string of the molecule is CC1(C)CCCC(NC(=O)CC2(CS)CC2)C1. The zero-order valence-corrected chi connectivity index (χ0v) is 12.0. The van der Waals surface area contributed by atoms with Gasteiger partial charge in [0.15, 0.2) is 0 Å². The van der Waals surface area contributed by atoms with Crippen LogP contribution < -0.4 is 5.32 Å². The van der Waals surface area contributed by atoms with E-state index >= 15 is 0 Å². The maximum Gasteiger partial charge on any atom is 0.220 e. The Morgan fingerprint density at radius 1 is 1.35 bits per heavy atom. The lowest BCUT2D eigenvalue weighted by Gasteiger charge is -2.35. The van der Waals surface area contributed by atoms with Crippen LogP contribution in [0.5, 0.6) is 0 Å². The maximum absolute atomic E-state index is 12.0. The third-order valence-corrected chi connectivity index (χ3v) is 5.07. The van der Waals surface area contributed by atoms with Crippen LogP contribution in [0, 0.1) is 10.8 Å². The lowest BCUT2D eigenvalue weighted by atomic mass is 9.75. The summed E-state index contributed by atoms with van der Waals surface area (Å²) in [7, 11) is 0. The van der Waals surface area contributed by atoms with Crippen molar-refractivity contribution in [2.75, 3.05) is 5.75 Å². The summed E-state index contributed by atoms with van der Waals surface area (Å²) in [6, 6.07) is 0.405. The molecule has 0 aliphatic heterocycles. The first kappa shape index (κ1) is 13.3. The first-order chi connectivity index (χ1) is 7.95. The van der Waals surface area contributed by atoms with Gasteiger partial charge in [-0.05, 0) is 48.7 Å². The Hall–Kier alpha value is -0.180. The summed E-state index contributed by atoms with van der Waals surface area (Å²) in [4.78, 5) is 12.0. The van der Waals surface area contributed by atoms with E-state index in [1.54, 1.807) is 0 Å². The molecule has 0 heterocycles. The summed E-state index contributed by atoms with van der Waals surface area (Å²) in [5.41, 5.74) is 0.647. The minimum Gasteiger partial charge on any atom is -0.353 e. The lowest BCUT2D eigenvalue weighted by Crippen LogP contribution is -2.41. The first-order valence-corrected chi connectivity index (χ1v) is 7.48. The molecule has 1 amide bonds. The van der Waals surface area contributed by atoms with E-state index in [0.717, 1.165) is 18.6 Å². The standard InChI is InChI=1S/C14H25NOS/c1-13(2)5-3-4-11(8-13)15-12(16)9-14(10-17)6-7-14/h11,17H,3-10H2,1-2H3,(H,15,16). The summed E-state index contributed by atoms with van der Waals surface area (Å²) in [5, 5.41) is 3.23. The van der Waals surface area contributed by atoms with Crippen molar-refractivity contribution in [1.82, 2.24) is 5.32 Å². The highest BCUT2D eigenvalue weighted by molar-refractivity contribution is 7.80. The molecule has 2 aliphatic carbocycles. The van der Waals surface area contributed by atoms with Gasteiger partial charge in [-0.3, -0.25) is 4.79 Å². The Morgan fingerprint density at radius 3 is 2.59 bits per heavy atom. The fourth-order valence-corrected chi connectivity index (χ4v) is 3.44. The Kier molecular flexibility index (Phi) is 3.77. The number of hydrogen-bond acceptors (Lipinski definition) is 2. The van der Waals surface area contributed by atoms with E-state index in [1.165, 1.54) is 25.7 Å². The van der Waals surface area contributed by atoms with Gasteiger partial charge in [0.25, 0.3) is 0 Å². The van der Waals surface area contributed by atoms with Crippen LogP contribution in [0.3, 0.4) is 0 Å². The zero-order valence-electron chi connectivity index (χ0n) is 11.1. The van der Waals surface area contributed by atoms with Gasteiger partial charge in [-0.1, -0.05) is 20.3 Å². The fourth-order valence-electron chi connectivity index (χ4n) is 3.01. The van der Waals surface area contributed by atoms with Gasteiger partial charge < -0.3 is 5.32 Å². The number of carbonyl (C=O) groups excluding carboxylic acids is 1. The van der Waals surface area contributed by atoms with E-state index in [1.807, 2.05) is 0 Å². The highest BCUT2D eigenvalue weighted by Gasteiger charge is 2.43. The van der Waals surface area contributed by atoms with E-state index in [-0.39, 0.29) is 11.3 Å². The molecule has 17 heavy (non-hydrogen) atoms. The molecule has 0 bridgehead atoms. The normalized spacial score (nSPS) is 29.7. The Labute approximate surface area is 110 Å². The van der Waals surface area contributed by atoms with E-state index in [9.17, 15) is 4.79 Å². The molecule has 2 aliphatic rings. The minimum atomic E-state index is 0.247. The first-order valence-electron chi connectivity index (χ1n) is 6.85. The smallest absolute Gasteiger partial charge is 0.220 e. The molecule has 1 unspecified atom stereocenters. The second-order valence-electron chi connectivity index (χ2n) is 6.86. The molecule has 2 saturated carbocycles. The van der Waals surface area contributed by atoms with Crippen LogP contribution in [0.1, 0.15) is 58.8 Å². The fraction of sp³-hybridized carbons (Fsp3) is 0.929. The molecule has 0 saturated heterocycles. The van der Waals surface area contributed by atoms with Crippen molar-refractivity contribution in [3.63, 3.8) is 0 Å². The Balaban J connectivity index is 1.78. The summed E-state index contributed by atoms with van der Waals surface area (Å²) >= 11 is 4.35. The van der Waals surface area contributed by atoms with Crippen molar-refractivity contribution in [2.24, 2.45) is 10.8 Å². The van der Waals surface area contributed by atoms with Crippen LogP contribution in [0.25, 0.3) is 0 Å². The van der Waals surface area contributed by atoms with Crippen molar-refractivity contribution in [3.8, 4) is 0 Å². The van der Waals surface area contributed by atoms with Crippen LogP contribution >= 0.6 is 12.6 Å². The van der Waals surface area contributed by atoms with E-state index in [2.05, 4.69) is 31.8 Å². The highest BCUT2D eigenvalue weighted by Crippen LogP contribution is 2.49. The molecule has 0 spiro atoms. The summed E-state index contributed by atoms with van der Waals surface area (Å²) < 4.78 is 0. The van der Waals surface area contributed by atoms with E-state index in [0.29, 0.717) is 17.9 Å². The molecule has 1 N–H and O–H groups in total. The third-order valence-electron chi connectivity index (χ3n) is 4.40. The predicted octanol–water partition coefficient (Wildman–Crippen LogP) is 3.17.